The SMILES string of the molecule is N[C@@H]1c2ccccc2CCC1Br. The molecule has 0 bridgehead atoms. The monoisotopic (exact) mass is 225 g/mol. The molecule has 0 saturated carbocycles. The molecule has 1 aliphatic rings. The highest BCUT2D eigenvalue weighted by molar-refractivity contribution is 9.09. The molecule has 0 aliphatic heterocycles. The van der Waals surface area contributed by atoms with Gasteiger partial charge in [0, 0.05) is 10.9 Å². The second-order valence-electron chi connectivity index (χ2n) is 3.28. The summed E-state index contributed by atoms with van der Waals surface area (Å²) in [6, 6.07) is 8.63. The topological polar surface area (TPSA) is 26.0 Å². The molecule has 1 unspecified atom stereocenters. The van der Waals surface area contributed by atoms with E-state index in [-0.39, 0.29) is 6.04 Å². The van der Waals surface area contributed by atoms with Gasteiger partial charge in [0.1, 0.15) is 0 Å². The predicted octanol–water partition coefficient (Wildman–Crippen LogP) is 2.40. The average Bonchev–Trinajstić information content (AvgIpc) is 2.12. The third-order valence-corrected chi connectivity index (χ3v) is 3.52. The second kappa shape index (κ2) is 3.19. The van der Waals surface area contributed by atoms with Crippen LogP contribution >= 0.6 is 15.9 Å². The van der Waals surface area contributed by atoms with Gasteiger partial charge in [-0.15, -0.1) is 0 Å². The molecule has 0 saturated heterocycles. The van der Waals surface area contributed by atoms with Crippen molar-refractivity contribution in [3.8, 4) is 0 Å². The number of benzene rings is 1. The van der Waals surface area contributed by atoms with Crippen molar-refractivity contribution in [2.75, 3.05) is 0 Å². The van der Waals surface area contributed by atoms with Crippen LogP contribution in [0.3, 0.4) is 0 Å². The molecule has 0 heterocycles. The molecule has 0 amide bonds. The second-order valence-corrected chi connectivity index (χ2v) is 4.46. The van der Waals surface area contributed by atoms with E-state index in [1.165, 1.54) is 11.1 Å². The lowest BCUT2D eigenvalue weighted by Gasteiger charge is -2.26. The molecular weight excluding hydrogens is 214 g/mol. The summed E-state index contributed by atoms with van der Waals surface area (Å²) in [5.74, 6) is 0. The van der Waals surface area contributed by atoms with E-state index in [4.69, 9.17) is 5.73 Å². The molecule has 64 valence electrons. The van der Waals surface area contributed by atoms with E-state index in [0.717, 1.165) is 12.8 Å². The number of halogens is 1. The molecule has 2 atom stereocenters. The number of rotatable bonds is 0. The largest absolute Gasteiger partial charge is 0.323 e. The molecule has 0 spiro atoms. The summed E-state index contributed by atoms with van der Waals surface area (Å²) >= 11 is 3.60. The maximum absolute atomic E-state index is 6.04. The zero-order valence-electron chi connectivity index (χ0n) is 6.83. The lowest BCUT2D eigenvalue weighted by molar-refractivity contribution is 0.595. The summed E-state index contributed by atoms with van der Waals surface area (Å²) < 4.78 is 0. The normalized spacial score (nSPS) is 28.2. The Morgan fingerprint density at radius 1 is 1.33 bits per heavy atom. The predicted molar refractivity (Wildman–Crippen MR) is 54.4 cm³/mol. The van der Waals surface area contributed by atoms with Crippen molar-refractivity contribution < 1.29 is 0 Å². The van der Waals surface area contributed by atoms with Crippen LogP contribution < -0.4 is 5.73 Å². The summed E-state index contributed by atoms with van der Waals surface area (Å²) in [6.45, 7) is 0. The van der Waals surface area contributed by atoms with Crippen LogP contribution in [-0.4, -0.2) is 4.83 Å². The van der Waals surface area contributed by atoms with Crippen LogP contribution in [0.5, 0.6) is 0 Å². The number of nitrogens with two attached hydrogens (primary N) is 1. The highest BCUT2D eigenvalue weighted by Gasteiger charge is 2.23. The molecule has 0 radical (unpaired) electrons. The lowest BCUT2D eigenvalue weighted by Crippen LogP contribution is -2.27. The van der Waals surface area contributed by atoms with Crippen LogP contribution in [0.2, 0.25) is 0 Å². The van der Waals surface area contributed by atoms with Gasteiger partial charge in [0.2, 0.25) is 0 Å². The lowest BCUT2D eigenvalue weighted by atomic mass is 9.88. The Kier molecular flexibility index (Phi) is 2.20. The Bertz CT molecular complexity index is 285. The van der Waals surface area contributed by atoms with E-state index in [9.17, 15) is 0 Å². The first-order chi connectivity index (χ1) is 5.79. The van der Waals surface area contributed by atoms with Gasteiger partial charge in [-0.05, 0) is 24.0 Å². The minimum Gasteiger partial charge on any atom is -0.323 e. The number of alkyl halides is 1. The fraction of sp³-hybridized carbons (Fsp3) is 0.400. The zero-order valence-corrected chi connectivity index (χ0v) is 8.42. The van der Waals surface area contributed by atoms with Gasteiger partial charge in [0.25, 0.3) is 0 Å². The fourth-order valence-corrected chi connectivity index (χ4v) is 2.27. The third-order valence-electron chi connectivity index (χ3n) is 2.49. The van der Waals surface area contributed by atoms with Crippen molar-refractivity contribution in [3.05, 3.63) is 35.4 Å². The number of hydrogen-bond donors (Lipinski definition) is 1. The van der Waals surface area contributed by atoms with Crippen LogP contribution in [0, 0.1) is 0 Å². The minimum absolute atomic E-state index is 0.176. The third kappa shape index (κ3) is 1.29. The summed E-state index contributed by atoms with van der Waals surface area (Å²) in [5.41, 5.74) is 8.77. The smallest absolute Gasteiger partial charge is 0.0424 e. The number of fused-ring (bicyclic) bond motifs is 1. The van der Waals surface area contributed by atoms with Gasteiger partial charge in [-0.1, -0.05) is 40.2 Å². The Morgan fingerprint density at radius 2 is 2.08 bits per heavy atom. The Morgan fingerprint density at radius 3 is 2.92 bits per heavy atom. The van der Waals surface area contributed by atoms with Crippen LogP contribution in [0.4, 0.5) is 0 Å². The molecule has 0 fully saturated rings. The highest BCUT2D eigenvalue weighted by atomic mass is 79.9. The van der Waals surface area contributed by atoms with Crippen LogP contribution in [0.15, 0.2) is 24.3 Å². The molecule has 12 heavy (non-hydrogen) atoms. The molecule has 1 nitrogen and oxygen atoms in total. The first kappa shape index (κ1) is 8.27. The van der Waals surface area contributed by atoms with Crippen molar-refractivity contribution in [2.45, 2.75) is 23.7 Å². The van der Waals surface area contributed by atoms with Crippen LogP contribution in [-0.2, 0) is 6.42 Å². The van der Waals surface area contributed by atoms with Gasteiger partial charge in [0.05, 0.1) is 0 Å². The van der Waals surface area contributed by atoms with E-state index in [1.54, 1.807) is 0 Å². The molecule has 1 aliphatic carbocycles. The maximum Gasteiger partial charge on any atom is 0.0424 e. The number of hydrogen-bond acceptors (Lipinski definition) is 1. The summed E-state index contributed by atoms with van der Waals surface area (Å²) in [4.78, 5) is 0.451. The molecule has 2 heteroatoms. The van der Waals surface area contributed by atoms with E-state index >= 15 is 0 Å². The van der Waals surface area contributed by atoms with Gasteiger partial charge in [-0.25, -0.2) is 0 Å². The standard InChI is InChI=1S/C10H12BrN/c11-9-6-5-7-3-1-2-4-8(7)10(9)12/h1-4,9-10H,5-6,12H2/t9?,10-/m1/s1. The summed E-state index contributed by atoms with van der Waals surface area (Å²) in [5, 5.41) is 0. The highest BCUT2D eigenvalue weighted by Crippen LogP contribution is 2.32. The van der Waals surface area contributed by atoms with E-state index in [0.29, 0.717) is 4.83 Å². The van der Waals surface area contributed by atoms with Gasteiger partial charge in [0.15, 0.2) is 0 Å². The van der Waals surface area contributed by atoms with Gasteiger partial charge in [-0.2, -0.15) is 0 Å². The van der Waals surface area contributed by atoms with Crippen LogP contribution in [0.25, 0.3) is 0 Å². The Balaban J connectivity index is 2.42. The van der Waals surface area contributed by atoms with Crippen molar-refractivity contribution in [2.24, 2.45) is 5.73 Å². The quantitative estimate of drug-likeness (QED) is 0.675. The molecular formula is C10H12BrN. The maximum atomic E-state index is 6.04. The van der Waals surface area contributed by atoms with Gasteiger partial charge < -0.3 is 5.73 Å². The summed E-state index contributed by atoms with van der Waals surface area (Å²) in [7, 11) is 0. The first-order valence-electron chi connectivity index (χ1n) is 4.26. The van der Waals surface area contributed by atoms with Crippen LogP contribution in [0.1, 0.15) is 23.6 Å². The van der Waals surface area contributed by atoms with E-state index < -0.39 is 0 Å². The van der Waals surface area contributed by atoms with Crippen molar-refractivity contribution in [1.29, 1.82) is 0 Å². The average molecular weight is 226 g/mol. The van der Waals surface area contributed by atoms with E-state index in [1.807, 2.05) is 0 Å². The Labute approximate surface area is 81.1 Å². The van der Waals surface area contributed by atoms with Crippen molar-refractivity contribution in [1.82, 2.24) is 0 Å². The zero-order chi connectivity index (χ0) is 8.55. The van der Waals surface area contributed by atoms with Gasteiger partial charge >= 0.3 is 0 Å². The summed E-state index contributed by atoms with van der Waals surface area (Å²) in [6.07, 6.45) is 2.30. The molecule has 1 aromatic carbocycles. The van der Waals surface area contributed by atoms with Crippen molar-refractivity contribution in [3.63, 3.8) is 0 Å². The number of aryl methyl sites for hydroxylation is 1. The Hall–Kier alpha value is -0.340. The van der Waals surface area contributed by atoms with E-state index in [2.05, 4.69) is 40.2 Å². The van der Waals surface area contributed by atoms with Gasteiger partial charge in [-0.3, -0.25) is 0 Å². The molecule has 0 aromatic heterocycles. The van der Waals surface area contributed by atoms with Crippen molar-refractivity contribution >= 4 is 15.9 Å². The molecule has 2 rings (SSSR count). The molecule has 2 N–H and O–H groups in total. The molecule has 1 aromatic rings. The minimum atomic E-state index is 0.176. The first-order valence-corrected chi connectivity index (χ1v) is 5.18. The fourth-order valence-electron chi connectivity index (χ4n) is 1.75.